The Bertz CT molecular complexity index is 607. The number of nitrogens with two attached hydrogens (primary N) is 1. The molecule has 1 heterocycles. The van der Waals surface area contributed by atoms with Crippen molar-refractivity contribution in [3.63, 3.8) is 0 Å². The van der Waals surface area contributed by atoms with Gasteiger partial charge in [-0.3, -0.25) is 4.79 Å². The summed E-state index contributed by atoms with van der Waals surface area (Å²) in [7, 11) is 0. The molecule has 0 radical (unpaired) electrons. The minimum atomic E-state index is -0.186. The number of carbonyl (C=O) groups is 1. The van der Waals surface area contributed by atoms with Gasteiger partial charge in [-0.1, -0.05) is 42.5 Å². The van der Waals surface area contributed by atoms with Crippen LogP contribution in [-0.4, -0.2) is 17.4 Å². The quantitative estimate of drug-likeness (QED) is 0.766. The summed E-state index contributed by atoms with van der Waals surface area (Å²) in [6, 6.07) is 8.20. The second kappa shape index (κ2) is 7.08. The molecule has 0 aliphatic carbocycles. The lowest BCUT2D eigenvalue weighted by molar-refractivity contribution is 0.0955. The van der Waals surface area contributed by atoms with Crippen molar-refractivity contribution in [2.24, 2.45) is 0 Å². The van der Waals surface area contributed by atoms with E-state index in [9.17, 15) is 4.79 Å². The van der Waals surface area contributed by atoms with Gasteiger partial charge in [-0.05, 0) is 24.5 Å². The number of nitrogens with one attached hydrogen (secondary N) is 2. The maximum Gasteiger partial charge on any atom is 0.265 e. The Morgan fingerprint density at radius 3 is 2.52 bits per heavy atom. The lowest BCUT2D eigenvalue weighted by atomic mass is 10.1. The summed E-state index contributed by atoms with van der Waals surface area (Å²) in [5.41, 5.74) is 8.13. The molecule has 1 aromatic carbocycles. The van der Waals surface area contributed by atoms with Gasteiger partial charge in [0.15, 0.2) is 5.13 Å². The molecule has 0 spiro atoms. The smallest absolute Gasteiger partial charge is 0.265 e. The predicted octanol–water partition coefficient (Wildman–Crippen LogP) is 2.65. The Morgan fingerprint density at radius 2 is 1.90 bits per heavy atom. The van der Waals surface area contributed by atoms with Gasteiger partial charge in [0, 0.05) is 13.1 Å². The van der Waals surface area contributed by atoms with Crippen LogP contribution in [0.1, 0.15) is 34.6 Å². The molecule has 0 unspecified atom stereocenters. The first kappa shape index (κ1) is 15.3. The number of rotatable bonds is 6. The summed E-state index contributed by atoms with van der Waals surface area (Å²) in [5.74, 6) is 0.0866. The Hall–Kier alpha value is -2.08. The molecular weight excluding hydrogens is 284 g/mol. The number of anilines is 2. The van der Waals surface area contributed by atoms with E-state index >= 15 is 0 Å². The van der Waals surface area contributed by atoms with Gasteiger partial charge in [0.25, 0.3) is 5.91 Å². The van der Waals surface area contributed by atoms with E-state index in [2.05, 4.69) is 34.7 Å². The number of nitrogen functional groups attached to an aromatic ring is 1. The molecule has 5 nitrogen and oxygen atoms in total. The van der Waals surface area contributed by atoms with E-state index in [1.165, 1.54) is 16.9 Å². The van der Waals surface area contributed by atoms with Crippen LogP contribution in [-0.2, 0) is 13.0 Å². The Balaban J connectivity index is 1.97. The van der Waals surface area contributed by atoms with Crippen LogP contribution in [0.3, 0.4) is 0 Å². The number of hydrogen-bond acceptors (Lipinski definition) is 5. The molecule has 0 aliphatic heterocycles. The molecule has 0 bridgehead atoms. The van der Waals surface area contributed by atoms with Crippen molar-refractivity contribution in [3.8, 4) is 0 Å². The SMILES string of the molecule is CCNc1nc(N)c(C(=O)NCc2ccc(CC)cc2)s1. The van der Waals surface area contributed by atoms with Crippen LogP contribution in [0.2, 0.25) is 0 Å². The van der Waals surface area contributed by atoms with Crippen molar-refractivity contribution in [2.75, 3.05) is 17.6 Å². The van der Waals surface area contributed by atoms with Gasteiger partial charge < -0.3 is 16.4 Å². The molecule has 2 aromatic rings. The first-order valence-corrected chi connectivity index (χ1v) is 7.81. The van der Waals surface area contributed by atoms with Crippen molar-refractivity contribution in [2.45, 2.75) is 26.8 Å². The van der Waals surface area contributed by atoms with Crippen molar-refractivity contribution >= 4 is 28.2 Å². The van der Waals surface area contributed by atoms with Gasteiger partial charge in [-0.25, -0.2) is 4.98 Å². The minimum absolute atomic E-state index is 0.186. The van der Waals surface area contributed by atoms with E-state index in [0.29, 0.717) is 16.6 Å². The second-order valence-electron chi connectivity index (χ2n) is 4.62. The van der Waals surface area contributed by atoms with Crippen LogP contribution in [0.4, 0.5) is 10.9 Å². The normalized spacial score (nSPS) is 10.4. The van der Waals surface area contributed by atoms with Crippen molar-refractivity contribution in [3.05, 3.63) is 40.3 Å². The van der Waals surface area contributed by atoms with Crippen LogP contribution >= 0.6 is 11.3 Å². The summed E-state index contributed by atoms with van der Waals surface area (Å²) >= 11 is 1.27. The average molecular weight is 304 g/mol. The molecule has 6 heteroatoms. The molecule has 0 atom stereocenters. The standard InChI is InChI=1S/C15H20N4OS/c1-3-10-5-7-11(8-6-10)9-18-14(20)12-13(16)19-15(21-12)17-4-2/h5-8H,3-4,9,16H2,1-2H3,(H,17,19)(H,18,20). The molecule has 21 heavy (non-hydrogen) atoms. The maximum absolute atomic E-state index is 12.1. The Morgan fingerprint density at radius 1 is 1.24 bits per heavy atom. The summed E-state index contributed by atoms with van der Waals surface area (Å²) in [6.07, 6.45) is 1.01. The average Bonchev–Trinajstić information content (AvgIpc) is 2.86. The van der Waals surface area contributed by atoms with E-state index in [1.54, 1.807) is 0 Å². The topological polar surface area (TPSA) is 80.0 Å². The van der Waals surface area contributed by atoms with Crippen LogP contribution in [0.15, 0.2) is 24.3 Å². The Kier molecular flexibility index (Phi) is 5.16. The molecule has 1 amide bonds. The highest BCUT2D eigenvalue weighted by atomic mass is 32.1. The number of thiazole rings is 1. The zero-order valence-corrected chi connectivity index (χ0v) is 13.1. The monoisotopic (exact) mass is 304 g/mol. The number of nitrogens with zero attached hydrogens (tertiary/aromatic N) is 1. The zero-order chi connectivity index (χ0) is 15.2. The Labute approximate surface area is 128 Å². The van der Waals surface area contributed by atoms with Crippen LogP contribution in [0, 0.1) is 0 Å². The van der Waals surface area contributed by atoms with Gasteiger partial charge in [-0.15, -0.1) is 0 Å². The fourth-order valence-corrected chi connectivity index (χ4v) is 2.75. The number of benzene rings is 1. The van der Waals surface area contributed by atoms with Gasteiger partial charge in [0.05, 0.1) is 0 Å². The first-order chi connectivity index (χ1) is 10.1. The highest BCUT2D eigenvalue weighted by molar-refractivity contribution is 7.18. The molecule has 2 rings (SSSR count). The highest BCUT2D eigenvalue weighted by Gasteiger charge is 2.15. The summed E-state index contributed by atoms with van der Waals surface area (Å²) in [6.45, 7) is 5.32. The molecule has 112 valence electrons. The maximum atomic E-state index is 12.1. The summed E-state index contributed by atoms with van der Waals surface area (Å²) in [4.78, 5) is 16.7. The molecular formula is C15H20N4OS. The molecule has 0 aliphatic rings. The van der Waals surface area contributed by atoms with Gasteiger partial charge in [0.1, 0.15) is 10.7 Å². The van der Waals surface area contributed by atoms with Crippen molar-refractivity contribution < 1.29 is 4.79 Å². The molecule has 0 saturated carbocycles. The second-order valence-corrected chi connectivity index (χ2v) is 5.62. The van der Waals surface area contributed by atoms with Crippen LogP contribution in [0.25, 0.3) is 0 Å². The van der Waals surface area contributed by atoms with Crippen molar-refractivity contribution in [1.29, 1.82) is 0 Å². The van der Waals surface area contributed by atoms with Crippen LogP contribution < -0.4 is 16.4 Å². The third-order valence-corrected chi connectivity index (χ3v) is 4.10. The number of aryl methyl sites for hydroxylation is 1. The lowest BCUT2D eigenvalue weighted by Gasteiger charge is -2.05. The van der Waals surface area contributed by atoms with E-state index in [-0.39, 0.29) is 11.7 Å². The van der Waals surface area contributed by atoms with E-state index in [4.69, 9.17) is 5.73 Å². The van der Waals surface area contributed by atoms with E-state index in [1.807, 2.05) is 19.1 Å². The summed E-state index contributed by atoms with van der Waals surface area (Å²) in [5, 5.41) is 6.60. The minimum Gasteiger partial charge on any atom is -0.382 e. The predicted molar refractivity (Wildman–Crippen MR) is 87.7 cm³/mol. The largest absolute Gasteiger partial charge is 0.382 e. The van der Waals surface area contributed by atoms with Gasteiger partial charge >= 0.3 is 0 Å². The fraction of sp³-hybridized carbons (Fsp3) is 0.333. The molecule has 1 aromatic heterocycles. The molecule has 0 fully saturated rings. The third kappa shape index (κ3) is 3.95. The highest BCUT2D eigenvalue weighted by Crippen LogP contribution is 2.24. The van der Waals surface area contributed by atoms with Crippen molar-refractivity contribution in [1.82, 2.24) is 10.3 Å². The third-order valence-electron chi connectivity index (χ3n) is 3.07. The number of carbonyl (C=O) groups excluding carboxylic acids is 1. The van der Waals surface area contributed by atoms with Gasteiger partial charge in [0.2, 0.25) is 0 Å². The molecule has 4 N–H and O–H groups in total. The van der Waals surface area contributed by atoms with E-state index in [0.717, 1.165) is 18.5 Å². The zero-order valence-electron chi connectivity index (χ0n) is 12.3. The number of hydrogen-bond donors (Lipinski definition) is 3. The number of aromatic nitrogens is 1. The lowest BCUT2D eigenvalue weighted by Crippen LogP contribution is -2.22. The molecule has 0 saturated heterocycles. The summed E-state index contributed by atoms with van der Waals surface area (Å²) < 4.78 is 0. The van der Waals surface area contributed by atoms with Gasteiger partial charge in [-0.2, -0.15) is 0 Å². The van der Waals surface area contributed by atoms with E-state index < -0.39 is 0 Å². The fourth-order valence-electron chi connectivity index (χ4n) is 1.88. The number of amides is 1. The van der Waals surface area contributed by atoms with Crippen LogP contribution in [0.5, 0.6) is 0 Å². The first-order valence-electron chi connectivity index (χ1n) is 7.00.